The fourth-order valence-corrected chi connectivity index (χ4v) is 2.64. The van der Waals surface area contributed by atoms with Crippen LogP contribution >= 0.6 is 11.6 Å². The summed E-state index contributed by atoms with van der Waals surface area (Å²) in [6, 6.07) is 4.19. The van der Waals surface area contributed by atoms with Gasteiger partial charge in [-0.3, -0.25) is 16.0 Å². The number of benzene rings is 1. The quantitative estimate of drug-likeness (QED) is 0.656. The lowest BCUT2D eigenvalue weighted by molar-refractivity contribution is 0.390. The standard InChI is InChI=1S/C14H18ClFN4O/c1-8-9(14(15)20(2)19-8)7-11(18-17)13-10(16)5-4-6-12(13)21-3/h4-6,11,18H,7,17H2,1-3H3. The number of aryl methyl sites for hydroxylation is 2. The average Bonchev–Trinajstić information content (AvgIpc) is 2.70. The smallest absolute Gasteiger partial charge is 0.131 e. The number of hydrogen-bond acceptors (Lipinski definition) is 4. The molecule has 0 spiro atoms. The van der Waals surface area contributed by atoms with Crippen LogP contribution in [0.2, 0.25) is 5.15 Å². The number of hydrazine groups is 1. The summed E-state index contributed by atoms with van der Waals surface area (Å²) in [5.74, 6) is 5.67. The molecule has 0 saturated carbocycles. The number of hydrogen-bond donors (Lipinski definition) is 2. The van der Waals surface area contributed by atoms with E-state index in [1.165, 1.54) is 13.2 Å². The van der Waals surface area contributed by atoms with E-state index in [2.05, 4.69) is 10.5 Å². The van der Waals surface area contributed by atoms with Crippen molar-refractivity contribution in [3.05, 3.63) is 46.0 Å². The van der Waals surface area contributed by atoms with Gasteiger partial charge in [-0.15, -0.1) is 0 Å². The van der Waals surface area contributed by atoms with E-state index >= 15 is 0 Å². The van der Waals surface area contributed by atoms with Crippen LogP contribution in [-0.4, -0.2) is 16.9 Å². The van der Waals surface area contributed by atoms with E-state index in [9.17, 15) is 4.39 Å². The molecule has 0 fully saturated rings. The Kier molecular flexibility index (Phi) is 4.82. The highest BCUT2D eigenvalue weighted by atomic mass is 35.5. The number of ether oxygens (including phenoxy) is 1. The zero-order valence-electron chi connectivity index (χ0n) is 12.2. The van der Waals surface area contributed by atoms with Gasteiger partial charge in [-0.25, -0.2) is 4.39 Å². The van der Waals surface area contributed by atoms with Crippen LogP contribution in [0, 0.1) is 12.7 Å². The second-order valence-corrected chi connectivity index (χ2v) is 5.12. The number of nitrogens with two attached hydrogens (primary N) is 1. The second kappa shape index (κ2) is 6.43. The van der Waals surface area contributed by atoms with Crippen molar-refractivity contribution in [1.29, 1.82) is 0 Å². The molecule has 0 aliphatic carbocycles. The van der Waals surface area contributed by atoms with Crippen LogP contribution in [0.15, 0.2) is 18.2 Å². The third-order valence-electron chi connectivity index (χ3n) is 3.46. The maximum absolute atomic E-state index is 14.2. The molecular weight excluding hydrogens is 295 g/mol. The van der Waals surface area contributed by atoms with Gasteiger partial charge in [0.15, 0.2) is 0 Å². The van der Waals surface area contributed by atoms with E-state index in [1.807, 2.05) is 6.92 Å². The van der Waals surface area contributed by atoms with Gasteiger partial charge in [-0.05, 0) is 25.5 Å². The number of rotatable bonds is 5. The summed E-state index contributed by atoms with van der Waals surface area (Å²) in [4.78, 5) is 0. The highest BCUT2D eigenvalue weighted by molar-refractivity contribution is 6.30. The molecule has 1 unspecified atom stereocenters. The van der Waals surface area contributed by atoms with E-state index in [-0.39, 0.29) is 5.82 Å². The van der Waals surface area contributed by atoms with Gasteiger partial charge < -0.3 is 4.74 Å². The van der Waals surface area contributed by atoms with Gasteiger partial charge in [-0.1, -0.05) is 17.7 Å². The molecule has 2 rings (SSSR count). The molecule has 0 aliphatic heterocycles. The van der Waals surface area contributed by atoms with Crippen LogP contribution in [-0.2, 0) is 13.5 Å². The number of aromatic nitrogens is 2. The van der Waals surface area contributed by atoms with Crippen LogP contribution in [0.25, 0.3) is 0 Å². The van der Waals surface area contributed by atoms with E-state index in [0.29, 0.717) is 22.9 Å². The first kappa shape index (κ1) is 15.8. The third-order valence-corrected chi connectivity index (χ3v) is 3.93. The molecule has 2 aromatic rings. The lowest BCUT2D eigenvalue weighted by atomic mass is 9.98. The predicted molar refractivity (Wildman–Crippen MR) is 79.7 cm³/mol. The molecule has 0 amide bonds. The molecule has 0 aliphatic rings. The van der Waals surface area contributed by atoms with Crippen molar-refractivity contribution in [2.24, 2.45) is 12.9 Å². The Labute approximate surface area is 127 Å². The lowest BCUT2D eigenvalue weighted by Crippen LogP contribution is -2.30. The Hall–Kier alpha value is -1.63. The Balaban J connectivity index is 2.41. The molecule has 1 aromatic carbocycles. The Morgan fingerprint density at radius 1 is 1.52 bits per heavy atom. The average molecular weight is 313 g/mol. The van der Waals surface area contributed by atoms with Crippen LogP contribution in [0.4, 0.5) is 4.39 Å². The van der Waals surface area contributed by atoms with Gasteiger partial charge in [0, 0.05) is 18.2 Å². The normalized spacial score (nSPS) is 12.5. The topological polar surface area (TPSA) is 65.1 Å². The number of nitrogens with zero attached hydrogens (tertiary/aromatic N) is 2. The summed E-state index contributed by atoms with van der Waals surface area (Å²) >= 11 is 6.22. The monoisotopic (exact) mass is 312 g/mol. The number of halogens is 2. The molecule has 0 saturated heterocycles. The van der Waals surface area contributed by atoms with Crippen molar-refractivity contribution in [2.75, 3.05) is 7.11 Å². The highest BCUT2D eigenvalue weighted by Crippen LogP contribution is 2.32. The van der Waals surface area contributed by atoms with Crippen LogP contribution in [0.5, 0.6) is 5.75 Å². The van der Waals surface area contributed by atoms with Gasteiger partial charge in [0.25, 0.3) is 0 Å². The Morgan fingerprint density at radius 2 is 2.24 bits per heavy atom. The lowest BCUT2D eigenvalue weighted by Gasteiger charge is -2.19. The zero-order valence-corrected chi connectivity index (χ0v) is 12.9. The summed E-state index contributed by atoms with van der Waals surface area (Å²) < 4.78 is 21.0. The summed E-state index contributed by atoms with van der Waals surface area (Å²) in [5, 5.41) is 4.76. The molecule has 21 heavy (non-hydrogen) atoms. The predicted octanol–water partition coefficient (Wildman–Crippen LogP) is 2.28. The molecule has 1 aromatic heterocycles. The first-order valence-corrected chi connectivity index (χ1v) is 6.83. The molecule has 5 nitrogen and oxygen atoms in total. The molecule has 0 radical (unpaired) electrons. The fourth-order valence-electron chi connectivity index (χ4n) is 2.39. The van der Waals surface area contributed by atoms with E-state index in [1.54, 1.807) is 23.9 Å². The van der Waals surface area contributed by atoms with Crippen LogP contribution < -0.4 is 16.0 Å². The SMILES string of the molecule is COc1cccc(F)c1C(Cc1c(C)nn(C)c1Cl)NN. The minimum absolute atomic E-state index is 0.377. The summed E-state index contributed by atoms with van der Waals surface area (Å²) in [6.07, 6.45) is 0.409. The van der Waals surface area contributed by atoms with Gasteiger partial charge >= 0.3 is 0 Å². The largest absolute Gasteiger partial charge is 0.496 e. The van der Waals surface area contributed by atoms with Crippen molar-refractivity contribution in [3.8, 4) is 5.75 Å². The van der Waals surface area contributed by atoms with Crippen molar-refractivity contribution >= 4 is 11.6 Å². The van der Waals surface area contributed by atoms with Crippen molar-refractivity contribution in [1.82, 2.24) is 15.2 Å². The van der Waals surface area contributed by atoms with Gasteiger partial charge in [-0.2, -0.15) is 5.10 Å². The molecule has 3 N–H and O–H groups in total. The molecule has 1 atom stereocenters. The number of methoxy groups -OCH3 is 1. The van der Waals surface area contributed by atoms with Crippen molar-refractivity contribution in [2.45, 2.75) is 19.4 Å². The molecular formula is C14H18ClFN4O. The van der Waals surface area contributed by atoms with E-state index < -0.39 is 6.04 Å². The maximum Gasteiger partial charge on any atom is 0.131 e. The maximum atomic E-state index is 14.2. The molecule has 1 heterocycles. The van der Waals surface area contributed by atoms with E-state index in [4.69, 9.17) is 22.2 Å². The van der Waals surface area contributed by atoms with Crippen LogP contribution in [0.3, 0.4) is 0 Å². The summed E-state index contributed by atoms with van der Waals surface area (Å²) in [6.45, 7) is 1.85. The Morgan fingerprint density at radius 3 is 2.76 bits per heavy atom. The highest BCUT2D eigenvalue weighted by Gasteiger charge is 2.23. The third kappa shape index (κ3) is 3.02. The summed E-state index contributed by atoms with van der Waals surface area (Å²) in [7, 11) is 3.25. The fraction of sp³-hybridized carbons (Fsp3) is 0.357. The molecule has 114 valence electrons. The Bertz CT molecular complexity index is 644. The minimum Gasteiger partial charge on any atom is -0.496 e. The van der Waals surface area contributed by atoms with E-state index in [0.717, 1.165) is 11.3 Å². The molecule has 7 heteroatoms. The van der Waals surface area contributed by atoms with Gasteiger partial charge in [0.1, 0.15) is 16.7 Å². The van der Waals surface area contributed by atoms with Crippen molar-refractivity contribution < 1.29 is 9.13 Å². The summed E-state index contributed by atoms with van der Waals surface area (Å²) in [5.41, 5.74) is 4.62. The first-order chi connectivity index (χ1) is 9.99. The van der Waals surface area contributed by atoms with Gasteiger partial charge in [0.05, 0.1) is 18.8 Å². The second-order valence-electron chi connectivity index (χ2n) is 4.76. The van der Waals surface area contributed by atoms with Gasteiger partial charge in [0.2, 0.25) is 0 Å². The van der Waals surface area contributed by atoms with Crippen molar-refractivity contribution in [3.63, 3.8) is 0 Å². The number of nitrogens with one attached hydrogen (secondary N) is 1. The first-order valence-electron chi connectivity index (χ1n) is 6.46. The zero-order chi connectivity index (χ0) is 15.6. The van der Waals surface area contributed by atoms with Crippen LogP contribution in [0.1, 0.15) is 22.9 Å². The minimum atomic E-state index is -0.471. The molecule has 0 bridgehead atoms.